The molecule has 132 valence electrons. The Bertz CT molecular complexity index is 904. The fraction of sp³-hybridized carbons (Fsp3) is 0.143. The number of amides is 2. The standard InChI is InChI=1S/C21H20N2O3/c22-21(25)23-19(16-8-2-1-3-9-16)13-20(24)26-14-17-11-6-10-15-7-4-5-12-18(15)17/h1-12,19H,13-14H2,(H3,22,23,25)/t19-/m1/s1. The summed E-state index contributed by atoms with van der Waals surface area (Å²) in [6.07, 6.45) is 0.0116. The Morgan fingerprint density at radius 3 is 2.38 bits per heavy atom. The molecule has 0 saturated heterocycles. The van der Waals surface area contributed by atoms with Gasteiger partial charge in [-0.2, -0.15) is 0 Å². The summed E-state index contributed by atoms with van der Waals surface area (Å²) in [5, 5.41) is 4.74. The van der Waals surface area contributed by atoms with Crippen LogP contribution in [0.15, 0.2) is 72.8 Å². The van der Waals surface area contributed by atoms with Crippen molar-refractivity contribution in [3.05, 3.63) is 83.9 Å². The SMILES string of the molecule is NC(=O)N[C@H](CC(=O)OCc1cccc2ccccc12)c1ccccc1. The molecule has 0 aromatic heterocycles. The molecule has 2 amide bonds. The zero-order valence-corrected chi connectivity index (χ0v) is 14.2. The lowest BCUT2D eigenvalue weighted by Gasteiger charge is -2.17. The number of esters is 1. The first kappa shape index (κ1) is 17.5. The average Bonchev–Trinajstić information content (AvgIpc) is 2.66. The van der Waals surface area contributed by atoms with Gasteiger partial charge in [-0.1, -0.05) is 72.8 Å². The number of rotatable bonds is 6. The van der Waals surface area contributed by atoms with Gasteiger partial charge in [-0.15, -0.1) is 0 Å². The molecule has 0 radical (unpaired) electrons. The minimum Gasteiger partial charge on any atom is -0.461 e. The fourth-order valence-corrected chi connectivity index (χ4v) is 2.91. The Labute approximate surface area is 151 Å². The molecule has 0 saturated carbocycles. The van der Waals surface area contributed by atoms with Gasteiger partial charge in [-0.25, -0.2) is 4.79 Å². The largest absolute Gasteiger partial charge is 0.461 e. The lowest BCUT2D eigenvalue weighted by Crippen LogP contribution is -2.34. The number of urea groups is 1. The molecule has 0 heterocycles. The molecule has 0 bridgehead atoms. The number of nitrogens with two attached hydrogens (primary N) is 1. The summed E-state index contributed by atoms with van der Waals surface area (Å²) in [5.74, 6) is -0.402. The first-order chi connectivity index (χ1) is 12.6. The van der Waals surface area contributed by atoms with Gasteiger partial charge < -0.3 is 15.8 Å². The number of ether oxygens (including phenoxy) is 1. The van der Waals surface area contributed by atoms with Gasteiger partial charge in [0.1, 0.15) is 6.61 Å². The van der Waals surface area contributed by atoms with Crippen LogP contribution in [0.5, 0.6) is 0 Å². The molecule has 3 rings (SSSR count). The van der Waals surface area contributed by atoms with E-state index in [9.17, 15) is 9.59 Å². The lowest BCUT2D eigenvalue weighted by molar-refractivity contribution is -0.145. The highest BCUT2D eigenvalue weighted by Crippen LogP contribution is 2.21. The van der Waals surface area contributed by atoms with E-state index in [4.69, 9.17) is 10.5 Å². The van der Waals surface area contributed by atoms with Crippen LogP contribution in [-0.4, -0.2) is 12.0 Å². The maximum atomic E-state index is 12.3. The number of hydrogen-bond donors (Lipinski definition) is 2. The number of primary amides is 1. The smallest absolute Gasteiger partial charge is 0.312 e. The number of fused-ring (bicyclic) bond motifs is 1. The third kappa shape index (κ3) is 4.39. The summed E-state index contributed by atoms with van der Waals surface area (Å²) in [7, 11) is 0. The average molecular weight is 348 g/mol. The Balaban J connectivity index is 1.67. The van der Waals surface area contributed by atoms with Crippen molar-refractivity contribution in [2.75, 3.05) is 0 Å². The first-order valence-electron chi connectivity index (χ1n) is 8.36. The van der Waals surface area contributed by atoms with Crippen LogP contribution in [0.1, 0.15) is 23.6 Å². The Hall–Kier alpha value is -3.34. The maximum absolute atomic E-state index is 12.3. The van der Waals surface area contributed by atoms with Gasteiger partial charge in [0.05, 0.1) is 12.5 Å². The molecule has 0 aliphatic heterocycles. The van der Waals surface area contributed by atoms with Crippen LogP contribution in [0.2, 0.25) is 0 Å². The van der Waals surface area contributed by atoms with E-state index >= 15 is 0 Å². The van der Waals surface area contributed by atoms with E-state index in [1.165, 1.54) is 0 Å². The second-order valence-corrected chi connectivity index (χ2v) is 5.97. The molecular weight excluding hydrogens is 328 g/mol. The zero-order chi connectivity index (χ0) is 18.4. The van der Waals surface area contributed by atoms with Gasteiger partial charge >= 0.3 is 12.0 Å². The Morgan fingerprint density at radius 2 is 1.62 bits per heavy atom. The number of carbonyl (C=O) groups is 2. The van der Waals surface area contributed by atoms with Crippen LogP contribution < -0.4 is 11.1 Å². The predicted molar refractivity (Wildman–Crippen MR) is 100 cm³/mol. The van der Waals surface area contributed by atoms with Crippen molar-refractivity contribution in [2.24, 2.45) is 5.73 Å². The first-order valence-corrected chi connectivity index (χ1v) is 8.36. The van der Waals surface area contributed by atoms with E-state index in [2.05, 4.69) is 5.32 Å². The van der Waals surface area contributed by atoms with Crippen molar-refractivity contribution in [3.8, 4) is 0 Å². The van der Waals surface area contributed by atoms with E-state index in [0.717, 1.165) is 21.9 Å². The summed E-state index contributed by atoms with van der Waals surface area (Å²) in [6, 6.07) is 21.8. The van der Waals surface area contributed by atoms with Gasteiger partial charge in [0.25, 0.3) is 0 Å². The molecule has 5 heteroatoms. The van der Waals surface area contributed by atoms with Crippen LogP contribution in [0.4, 0.5) is 4.79 Å². The maximum Gasteiger partial charge on any atom is 0.312 e. The lowest BCUT2D eigenvalue weighted by atomic mass is 10.0. The van der Waals surface area contributed by atoms with Gasteiger partial charge in [-0.05, 0) is 21.9 Å². The third-order valence-electron chi connectivity index (χ3n) is 4.16. The number of nitrogens with one attached hydrogen (secondary N) is 1. The third-order valence-corrected chi connectivity index (χ3v) is 4.16. The fourth-order valence-electron chi connectivity index (χ4n) is 2.91. The quantitative estimate of drug-likeness (QED) is 0.667. The van der Waals surface area contributed by atoms with Crippen molar-refractivity contribution >= 4 is 22.8 Å². The molecule has 0 spiro atoms. The number of benzene rings is 3. The van der Waals surface area contributed by atoms with Crippen molar-refractivity contribution in [1.29, 1.82) is 0 Å². The highest BCUT2D eigenvalue weighted by Gasteiger charge is 2.18. The summed E-state index contributed by atoms with van der Waals surface area (Å²) >= 11 is 0. The van der Waals surface area contributed by atoms with E-state index in [1.54, 1.807) is 0 Å². The summed E-state index contributed by atoms with van der Waals surface area (Å²) in [4.78, 5) is 23.6. The number of carbonyl (C=O) groups excluding carboxylic acids is 2. The molecule has 26 heavy (non-hydrogen) atoms. The highest BCUT2D eigenvalue weighted by atomic mass is 16.5. The van der Waals surface area contributed by atoms with E-state index in [0.29, 0.717) is 0 Å². The second kappa shape index (κ2) is 8.16. The van der Waals surface area contributed by atoms with Crippen molar-refractivity contribution in [2.45, 2.75) is 19.1 Å². The predicted octanol–water partition coefficient (Wildman–Crippen LogP) is 3.68. The van der Waals surface area contributed by atoms with Crippen LogP contribution in [0, 0.1) is 0 Å². The minimum absolute atomic E-state index is 0.0116. The monoisotopic (exact) mass is 348 g/mol. The normalized spacial score (nSPS) is 11.7. The van der Waals surface area contributed by atoms with Gasteiger partial charge in [0.2, 0.25) is 0 Å². The van der Waals surface area contributed by atoms with Gasteiger partial charge in [0, 0.05) is 0 Å². The van der Waals surface area contributed by atoms with E-state index < -0.39 is 18.0 Å². The van der Waals surface area contributed by atoms with Crippen LogP contribution in [0.25, 0.3) is 10.8 Å². The second-order valence-electron chi connectivity index (χ2n) is 5.97. The molecule has 0 aliphatic rings. The molecule has 0 unspecified atom stereocenters. The van der Waals surface area contributed by atoms with Gasteiger partial charge in [-0.3, -0.25) is 4.79 Å². The van der Waals surface area contributed by atoms with Crippen molar-refractivity contribution < 1.29 is 14.3 Å². The molecule has 1 atom stereocenters. The molecule has 0 fully saturated rings. The van der Waals surface area contributed by atoms with Crippen LogP contribution in [0.3, 0.4) is 0 Å². The topological polar surface area (TPSA) is 81.4 Å². The summed E-state index contributed by atoms with van der Waals surface area (Å²) < 4.78 is 5.44. The van der Waals surface area contributed by atoms with E-state index in [-0.39, 0.29) is 13.0 Å². The zero-order valence-electron chi connectivity index (χ0n) is 14.2. The Morgan fingerprint density at radius 1 is 0.923 bits per heavy atom. The molecule has 0 aliphatic carbocycles. The van der Waals surface area contributed by atoms with Crippen LogP contribution >= 0.6 is 0 Å². The molecule has 3 aromatic carbocycles. The van der Waals surface area contributed by atoms with Crippen molar-refractivity contribution in [3.63, 3.8) is 0 Å². The molecule has 3 N–H and O–H groups in total. The minimum atomic E-state index is -0.680. The van der Waals surface area contributed by atoms with Crippen LogP contribution in [-0.2, 0) is 16.1 Å². The molecule has 3 aromatic rings. The molecule has 5 nitrogen and oxygen atoms in total. The Kier molecular flexibility index (Phi) is 5.49. The highest BCUT2D eigenvalue weighted by molar-refractivity contribution is 5.85. The summed E-state index contributed by atoms with van der Waals surface area (Å²) in [6.45, 7) is 0.179. The number of hydrogen-bond acceptors (Lipinski definition) is 3. The van der Waals surface area contributed by atoms with Crippen molar-refractivity contribution in [1.82, 2.24) is 5.32 Å². The summed E-state index contributed by atoms with van der Waals surface area (Å²) in [5.41, 5.74) is 6.97. The van der Waals surface area contributed by atoms with Gasteiger partial charge in [0.15, 0.2) is 0 Å². The molecular formula is C21H20N2O3. The van der Waals surface area contributed by atoms with E-state index in [1.807, 2.05) is 72.8 Å².